The van der Waals surface area contributed by atoms with Gasteiger partial charge in [-0.25, -0.2) is 8.78 Å². The summed E-state index contributed by atoms with van der Waals surface area (Å²) in [5, 5.41) is 11.4. The van der Waals surface area contributed by atoms with Gasteiger partial charge < -0.3 is 9.88 Å². The van der Waals surface area contributed by atoms with Crippen LogP contribution in [0.15, 0.2) is 53.7 Å². The average Bonchev–Trinajstić information content (AvgIpc) is 2.97. The highest BCUT2D eigenvalue weighted by Crippen LogP contribution is 2.18. The van der Waals surface area contributed by atoms with Gasteiger partial charge in [-0.1, -0.05) is 42.1 Å². The zero-order chi connectivity index (χ0) is 18.5. The summed E-state index contributed by atoms with van der Waals surface area (Å²) >= 11 is 1.22. The third-order valence-corrected chi connectivity index (χ3v) is 4.69. The second kappa shape index (κ2) is 8.09. The summed E-state index contributed by atoms with van der Waals surface area (Å²) in [5.74, 6) is -1.43. The van der Waals surface area contributed by atoms with E-state index in [9.17, 15) is 13.6 Å². The molecule has 0 saturated heterocycles. The number of hydrogen-bond donors (Lipinski definition) is 1. The van der Waals surface area contributed by atoms with Gasteiger partial charge in [-0.15, -0.1) is 10.2 Å². The number of halogens is 2. The fourth-order valence-electron chi connectivity index (χ4n) is 2.30. The molecule has 0 atom stereocenters. The molecular weight excluding hydrogens is 358 g/mol. The molecule has 8 heteroatoms. The number of carbonyl (C=O) groups excluding carboxylic acids is 1. The molecule has 3 rings (SSSR count). The number of benzene rings is 2. The molecule has 1 N–H and O–H groups in total. The van der Waals surface area contributed by atoms with Crippen molar-refractivity contribution in [1.29, 1.82) is 0 Å². The number of anilines is 1. The highest BCUT2D eigenvalue weighted by molar-refractivity contribution is 7.99. The molecule has 26 heavy (non-hydrogen) atoms. The number of rotatable bonds is 6. The first-order chi connectivity index (χ1) is 12.5. The van der Waals surface area contributed by atoms with Crippen LogP contribution in [0.4, 0.5) is 14.5 Å². The van der Waals surface area contributed by atoms with E-state index in [-0.39, 0.29) is 17.3 Å². The molecule has 3 aromatic rings. The van der Waals surface area contributed by atoms with Gasteiger partial charge in [-0.3, -0.25) is 4.79 Å². The molecule has 2 aromatic carbocycles. The largest absolute Gasteiger partial charge is 0.325 e. The topological polar surface area (TPSA) is 59.8 Å². The van der Waals surface area contributed by atoms with E-state index in [0.717, 1.165) is 23.5 Å². The standard InChI is InChI=1S/C18H16F2N4OS/c1-24-16(9-12-5-3-2-4-6-12)22-23-18(24)26-11-17(25)21-13-7-8-14(19)15(20)10-13/h2-8,10H,9,11H2,1H3,(H,21,25). The second-order valence-corrected chi connectivity index (χ2v) is 6.53. The van der Waals surface area contributed by atoms with E-state index < -0.39 is 11.6 Å². The van der Waals surface area contributed by atoms with Gasteiger partial charge in [0.15, 0.2) is 16.8 Å². The van der Waals surface area contributed by atoms with Crippen molar-refractivity contribution in [2.24, 2.45) is 7.05 Å². The van der Waals surface area contributed by atoms with Crippen LogP contribution in [0.1, 0.15) is 11.4 Å². The smallest absolute Gasteiger partial charge is 0.234 e. The number of thioether (sulfide) groups is 1. The van der Waals surface area contributed by atoms with Crippen LogP contribution >= 0.6 is 11.8 Å². The summed E-state index contributed by atoms with van der Waals surface area (Å²) in [6.07, 6.45) is 0.645. The van der Waals surface area contributed by atoms with Crippen molar-refractivity contribution in [2.75, 3.05) is 11.1 Å². The maximum Gasteiger partial charge on any atom is 0.234 e. The van der Waals surface area contributed by atoms with Crippen molar-refractivity contribution in [3.8, 4) is 0 Å². The van der Waals surface area contributed by atoms with Crippen molar-refractivity contribution in [3.63, 3.8) is 0 Å². The van der Waals surface area contributed by atoms with E-state index in [1.807, 2.05) is 41.9 Å². The monoisotopic (exact) mass is 374 g/mol. The molecule has 1 heterocycles. The van der Waals surface area contributed by atoms with E-state index in [0.29, 0.717) is 11.6 Å². The molecule has 0 spiro atoms. The van der Waals surface area contributed by atoms with Crippen molar-refractivity contribution >= 4 is 23.4 Å². The summed E-state index contributed by atoms with van der Waals surface area (Å²) in [7, 11) is 1.84. The van der Waals surface area contributed by atoms with Crippen LogP contribution in [0.2, 0.25) is 0 Å². The quantitative estimate of drug-likeness (QED) is 0.672. The Bertz CT molecular complexity index is 915. The summed E-state index contributed by atoms with van der Waals surface area (Å²) in [4.78, 5) is 12.0. The predicted molar refractivity (Wildman–Crippen MR) is 96.0 cm³/mol. The molecule has 1 aromatic heterocycles. The van der Waals surface area contributed by atoms with Crippen LogP contribution < -0.4 is 5.32 Å². The molecule has 0 saturated carbocycles. The third-order valence-electron chi connectivity index (χ3n) is 3.67. The first-order valence-corrected chi connectivity index (χ1v) is 8.81. The molecule has 0 radical (unpaired) electrons. The number of nitrogens with one attached hydrogen (secondary N) is 1. The van der Waals surface area contributed by atoms with E-state index >= 15 is 0 Å². The average molecular weight is 374 g/mol. The van der Waals surface area contributed by atoms with Gasteiger partial charge >= 0.3 is 0 Å². The van der Waals surface area contributed by atoms with Gasteiger partial charge in [0.1, 0.15) is 5.82 Å². The zero-order valence-electron chi connectivity index (χ0n) is 13.9. The van der Waals surface area contributed by atoms with Crippen LogP contribution in [-0.4, -0.2) is 26.4 Å². The van der Waals surface area contributed by atoms with Crippen LogP contribution in [0.25, 0.3) is 0 Å². The Morgan fingerprint density at radius 3 is 2.62 bits per heavy atom. The van der Waals surface area contributed by atoms with Gasteiger partial charge in [0.05, 0.1) is 5.75 Å². The first-order valence-electron chi connectivity index (χ1n) is 7.83. The maximum atomic E-state index is 13.2. The number of nitrogens with zero attached hydrogens (tertiary/aromatic N) is 3. The fourth-order valence-corrected chi connectivity index (χ4v) is 3.03. The van der Waals surface area contributed by atoms with Crippen molar-refractivity contribution in [3.05, 3.63) is 71.6 Å². The van der Waals surface area contributed by atoms with Crippen LogP contribution in [0, 0.1) is 11.6 Å². The third kappa shape index (κ3) is 4.45. The van der Waals surface area contributed by atoms with Crippen molar-refractivity contribution < 1.29 is 13.6 Å². The van der Waals surface area contributed by atoms with Gasteiger partial charge in [0, 0.05) is 25.2 Å². The lowest BCUT2D eigenvalue weighted by atomic mass is 10.1. The summed E-state index contributed by atoms with van der Waals surface area (Å²) < 4.78 is 27.9. The van der Waals surface area contributed by atoms with E-state index in [2.05, 4.69) is 15.5 Å². The number of carbonyl (C=O) groups is 1. The van der Waals surface area contributed by atoms with Gasteiger partial charge in [-0.2, -0.15) is 0 Å². The Labute approximate surface area is 153 Å². The molecule has 0 unspecified atom stereocenters. The lowest BCUT2D eigenvalue weighted by Crippen LogP contribution is -2.14. The maximum absolute atomic E-state index is 13.2. The number of amides is 1. The highest BCUT2D eigenvalue weighted by atomic mass is 32.2. The van der Waals surface area contributed by atoms with E-state index in [1.165, 1.54) is 17.8 Å². The van der Waals surface area contributed by atoms with E-state index in [4.69, 9.17) is 0 Å². The van der Waals surface area contributed by atoms with Crippen molar-refractivity contribution in [2.45, 2.75) is 11.6 Å². The normalized spacial score (nSPS) is 10.7. The molecule has 134 valence electrons. The van der Waals surface area contributed by atoms with Crippen molar-refractivity contribution in [1.82, 2.24) is 14.8 Å². The molecule has 5 nitrogen and oxygen atoms in total. The Kier molecular flexibility index (Phi) is 5.62. The molecule has 0 aliphatic carbocycles. The predicted octanol–water partition coefficient (Wildman–Crippen LogP) is 3.41. The fraction of sp³-hybridized carbons (Fsp3) is 0.167. The second-order valence-electron chi connectivity index (χ2n) is 5.59. The van der Waals surface area contributed by atoms with Gasteiger partial charge in [0.2, 0.25) is 5.91 Å². The van der Waals surface area contributed by atoms with Gasteiger partial charge in [-0.05, 0) is 17.7 Å². The van der Waals surface area contributed by atoms with Crippen LogP contribution in [-0.2, 0) is 18.3 Å². The minimum absolute atomic E-state index is 0.0797. The highest BCUT2D eigenvalue weighted by Gasteiger charge is 2.12. The number of aromatic nitrogens is 3. The zero-order valence-corrected chi connectivity index (χ0v) is 14.8. The van der Waals surface area contributed by atoms with Gasteiger partial charge in [0.25, 0.3) is 0 Å². The molecule has 1 amide bonds. The molecular formula is C18H16F2N4OS. The lowest BCUT2D eigenvalue weighted by Gasteiger charge is -2.06. The van der Waals surface area contributed by atoms with Crippen LogP contribution in [0.5, 0.6) is 0 Å². The molecule has 0 bridgehead atoms. The first kappa shape index (κ1) is 18.1. The Morgan fingerprint density at radius 1 is 1.12 bits per heavy atom. The lowest BCUT2D eigenvalue weighted by molar-refractivity contribution is -0.113. The summed E-state index contributed by atoms with van der Waals surface area (Å²) in [6.45, 7) is 0. The Hall–Kier alpha value is -2.74. The molecule has 0 aliphatic heterocycles. The van der Waals surface area contributed by atoms with E-state index in [1.54, 1.807) is 0 Å². The number of hydrogen-bond acceptors (Lipinski definition) is 4. The Morgan fingerprint density at radius 2 is 1.88 bits per heavy atom. The Balaban J connectivity index is 1.57. The molecule has 0 aliphatic rings. The SMILES string of the molecule is Cn1c(Cc2ccccc2)nnc1SCC(=O)Nc1ccc(F)c(F)c1. The van der Waals surface area contributed by atoms with Crippen LogP contribution in [0.3, 0.4) is 0 Å². The molecule has 0 fully saturated rings. The minimum Gasteiger partial charge on any atom is -0.325 e. The summed E-state index contributed by atoms with van der Waals surface area (Å²) in [6, 6.07) is 13.1. The minimum atomic E-state index is -1.01. The summed E-state index contributed by atoms with van der Waals surface area (Å²) in [5.41, 5.74) is 1.33.